The molecule has 3 aromatic rings. The van der Waals surface area contributed by atoms with Crippen LogP contribution in [0.15, 0.2) is 42.6 Å². The second-order valence-electron chi connectivity index (χ2n) is 5.28. The summed E-state index contributed by atoms with van der Waals surface area (Å²) < 4.78 is 10.9. The minimum atomic E-state index is -0.554. The molecule has 0 saturated carbocycles. The molecule has 0 spiro atoms. The second-order valence-corrected chi connectivity index (χ2v) is 5.28. The van der Waals surface area contributed by atoms with Gasteiger partial charge in [0.15, 0.2) is 0 Å². The van der Waals surface area contributed by atoms with E-state index in [-0.39, 0.29) is 0 Å². The summed E-state index contributed by atoms with van der Waals surface area (Å²) in [5.74, 6) is 1.44. The normalized spacial score (nSPS) is 10.6. The Kier molecular flexibility index (Phi) is 4.17. The van der Waals surface area contributed by atoms with E-state index in [4.69, 9.17) is 9.47 Å². The van der Waals surface area contributed by atoms with Crippen molar-refractivity contribution in [1.82, 2.24) is 10.2 Å². The Morgan fingerprint density at radius 1 is 1.00 bits per heavy atom. The Hall–Kier alpha value is -2.60. The maximum Gasteiger partial charge on any atom is 0.320 e. The van der Waals surface area contributed by atoms with E-state index in [2.05, 4.69) is 10.2 Å². The van der Waals surface area contributed by atoms with Crippen LogP contribution in [-0.2, 0) is 0 Å². The lowest BCUT2D eigenvalue weighted by atomic mass is 9.64. The first-order valence-corrected chi connectivity index (χ1v) is 7.30. The lowest BCUT2D eigenvalue weighted by molar-refractivity contribution is 0.415. The number of fused-ring (bicyclic) bond motifs is 1. The predicted molar refractivity (Wildman–Crippen MR) is 91.5 cm³/mol. The Morgan fingerprint density at radius 2 is 1.78 bits per heavy atom. The summed E-state index contributed by atoms with van der Waals surface area (Å²) in [5, 5.41) is 18.8. The van der Waals surface area contributed by atoms with Crippen molar-refractivity contribution in [3.63, 3.8) is 0 Å². The fourth-order valence-corrected chi connectivity index (χ4v) is 2.60. The van der Waals surface area contributed by atoms with E-state index < -0.39 is 6.92 Å². The lowest BCUT2D eigenvalue weighted by Crippen LogP contribution is -2.26. The van der Waals surface area contributed by atoms with Crippen LogP contribution in [0.3, 0.4) is 0 Å². The van der Waals surface area contributed by atoms with Crippen molar-refractivity contribution in [2.75, 3.05) is 14.2 Å². The average molecular weight is 308 g/mol. The van der Waals surface area contributed by atoms with Crippen LogP contribution < -0.4 is 14.9 Å². The third-order valence-corrected chi connectivity index (χ3v) is 3.83. The number of ether oxygens (including phenoxy) is 2. The molecule has 1 heterocycles. The van der Waals surface area contributed by atoms with Crippen molar-refractivity contribution in [1.29, 1.82) is 0 Å². The van der Waals surface area contributed by atoms with Crippen LogP contribution in [0.2, 0.25) is 6.82 Å². The fourth-order valence-electron chi connectivity index (χ4n) is 2.60. The molecule has 0 aliphatic heterocycles. The van der Waals surface area contributed by atoms with E-state index in [0.29, 0.717) is 0 Å². The number of benzene rings is 2. The van der Waals surface area contributed by atoms with Gasteiger partial charge in [-0.15, -0.1) is 0 Å². The van der Waals surface area contributed by atoms with Gasteiger partial charge >= 0.3 is 6.92 Å². The van der Waals surface area contributed by atoms with Crippen LogP contribution in [0.25, 0.3) is 22.0 Å². The van der Waals surface area contributed by atoms with Crippen molar-refractivity contribution < 1.29 is 14.5 Å². The van der Waals surface area contributed by atoms with Crippen molar-refractivity contribution >= 4 is 23.3 Å². The van der Waals surface area contributed by atoms with Gasteiger partial charge in [0, 0.05) is 10.9 Å². The van der Waals surface area contributed by atoms with E-state index >= 15 is 0 Å². The first-order chi connectivity index (χ1) is 11.1. The molecule has 0 amide bonds. The van der Waals surface area contributed by atoms with Crippen LogP contribution in [0.4, 0.5) is 0 Å². The molecule has 0 radical (unpaired) electrons. The molecule has 1 N–H and O–H groups in total. The molecule has 3 rings (SSSR count). The average Bonchev–Trinajstić information content (AvgIpc) is 2.60. The molecule has 0 unspecified atom stereocenters. The van der Waals surface area contributed by atoms with E-state index in [1.807, 2.05) is 36.4 Å². The highest BCUT2D eigenvalue weighted by atomic mass is 16.5. The topological polar surface area (TPSA) is 64.5 Å². The highest BCUT2D eigenvalue weighted by Crippen LogP contribution is 2.35. The minimum Gasteiger partial charge on any atom is -0.496 e. The van der Waals surface area contributed by atoms with Gasteiger partial charge in [-0.05, 0) is 35.3 Å². The lowest BCUT2D eigenvalue weighted by Gasteiger charge is -2.13. The summed E-state index contributed by atoms with van der Waals surface area (Å²) in [7, 11) is 3.25. The molecule has 23 heavy (non-hydrogen) atoms. The summed E-state index contributed by atoms with van der Waals surface area (Å²) in [4.78, 5) is 0. The van der Waals surface area contributed by atoms with Crippen LogP contribution in [0.1, 0.15) is 0 Å². The number of hydrogen-bond acceptors (Lipinski definition) is 5. The Morgan fingerprint density at radius 3 is 2.48 bits per heavy atom. The Labute approximate surface area is 135 Å². The molecule has 0 aliphatic rings. The number of rotatable bonds is 4. The quantitative estimate of drug-likeness (QED) is 0.748. The smallest absolute Gasteiger partial charge is 0.320 e. The van der Waals surface area contributed by atoms with E-state index in [1.54, 1.807) is 27.2 Å². The summed E-state index contributed by atoms with van der Waals surface area (Å²) in [5.41, 5.74) is 3.33. The maximum atomic E-state index is 9.84. The van der Waals surface area contributed by atoms with Crippen molar-refractivity contribution in [3.05, 3.63) is 42.6 Å². The second kappa shape index (κ2) is 6.26. The van der Waals surface area contributed by atoms with Crippen LogP contribution in [0.5, 0.6) is 11.5 Å². The number of hydrogen-bond donors (Lipinski definition) is 1. The molecular formula is C17H17BN2O3. The Balaban J connectivity index is 2.25. The first-order valence-electron chi connectivity index (χ1n) is 7.30. The zero-order valence-electron chi connectivity index (χ0n) is 13.3. The summed E-state index contributed by atoms with van der Waals surface area (Å²) >= 11 is 0. The largest absolute Gasteiger partial charge is 0.496 e. The van der Waals surface area contributed by atoms with Crippen molar-refractivity contribution in [2.24, 2.45) is 0 Å². The maximum absolute atomic E-state index is 9.84. The molecule has 0 bridgehead atoms. The Bertz CT molecular complexity index is 852. The monoisotopic (exact) mass is 308 g/mol. The van der Waals surface area contributed by atoms with Crippen molar-refractivity contribution in [2.45, 2.75) is 6.82 Å². The van der Waals surface area contributed by atoms with E-state index in [1.165, 1.54) is 0 Å². The number of nitrogens with zero attached hydrogens (tertiary/aromatic N) is 2. The molecule has 0 aliphatic carbocycles. The van der Waals surface area contributed by atoms with Gasteiger partial charge in [-0.1, -0.05) is 19.0 Å². The predicted octanol–water partition coefficient (Wildman–Crippen LogP) is 2.13. The zero-order valence-corrected chi connectivity index (χ0v) is 13.3. The fraction of sp³-hybridized carbons (Fsp3) is 0.176. The minimum absolute atomic E-state index is 0.554. The molecule has 0 saturated heterocycles. The standard InChI is InChI=1S/C17H17BN2O3/c1-18(21)12-4-5-16(22-2)14(10-12)11-8-15-13(6-7-19-20-15)17(9-11)23-3/h4-10,21H,1-3H3. The van der Waals surface area contributed by atoms with Crippen LogP contribution in [0, 0.1) is 0 Å². The van der Waals surface area contributed by atoms with Gasteiger partial charge in [0.05, 0.1) is 25.9 Å². The molecule has 1 aromatic heterocycles. The van der Waals surface area contributed by atoms with Gasteiger partial charge < -0.3 is 14.5 Å². The molecule has 0 fully saturated rings. The third kappa shape index (κ3) is 2.85. The highest BCUT2D eigenvalue weighted by Gasteiger charge is 2.14. The summed E-state index contributed by atoms with van der Waals surface area (Å²) in [6.45, 7) is 1.18. The van der Waals surface area contributed by atoms with E-state index in [9.17, 15) is 5.02 Å². The van der Waals surface area contributed by atoms with E-state index in [0.717, 1.165) is 39.0 Å². The molecule has 0 atom stereocenters. The summed E-state index contributed by atoms with van der Waals surface area (Å²) in [6.07, 6.45) is 1.64. The third-order valence-electron chi connectivity index (χ3n) is 3.83. The van der Waals surface area contributed by atoms with Gasteiger partial charge in [0.1, 0.15) is 11.5 Å². The van der Waals surface area contributed by atoms with Gasteiger partial charge in [-0.2, -0.15) is 10.2 Å². The number of aromatic nitrogens is 2. The molecule has 2 aromatic carbocycles. The zero-order chi connectivity index (χ0) is 16.4. The summed E-state index contributed by atoms with van der Waals surface area (Å²) in [6, 6.07) is 11.4. The number of methoxy groups -OCH3 is 2. The van der Waals surface area contributed by atoms with Crippen LogP contribution >= 0.6 is 0 Å². The van der Waals surface area contributed by atoms with Crippen LogP contribution in [-0.4, -0.2) is 36.4 Å². The molecular weight excluding hydrogens is 291 g/mol. The first kappa shape index (κ1) is 15.3. The highest BCUT2D eigenvalue weighted by molar-refractivity contribution is 6.64. The van der Waals surface area contributed by atoms with Crippen molar-refractivity contribution in [3.8, 4) is 22.6 Å². The molecule has 6 heteroatoms. The van der Waals surface area contributed by atoms with Gasteiger partial charge in [-0.3, -0.25) is 0 Å². The van der Waals surface area contributed by atoms with Gasteiger partial charge in [0.2, 0.25) is 0 Å². The SMILES string of the molecule is COc1ccc(B(C)O)cc1-c1cc(OC)c2ccnnc2c1. The molecule has 116 valence electrons. The molecule has 5 nitrogen and oxygen atoms in total. The van der Waals surface area contributed by atoms with Gasteiger partial charge in [-0.25, -0.2) is 0 Å². The van der Waals surface area contributed by atoms with Gasteiger partial charge in [0.25, 0.3) is 0 Å².